The molecule has 30 heavy (non-hydrogen) atoms. The second-order valence-corrected chi connectivity index (χ2v) is 8.08. The van der Waals surface area contributed by atoms with Crippen LogP contribution in [0.2, 0.25) is 0 Å². The van der Waals surface area contributed by atoms with Gasteiger partial charge in [0, 0.05) is 30.9 Å². The average molecular weight is 415 g/mol. The molecule has 5 rings (SSSR count). The zero-order valence-corrected chi connectivity index (χ0v) is 15.9. The number of fused-ring (bicyclic) bond motifs is 2. The molecule has 9 heteroatoms. The topological polar surface area (TPSA) is 91.6 Å². The van der Waals surface area contributed by atoms with Gasteiger partial charge in [0.05, 0.1) is 12.1 Å². The maximum atomic E-state index is 13.8. The van der Waals surface area contributed by atoms with Gasteiger partial charge in [0.1, 0.15) is 17.2 Å². The Bertz CT molecular complexity index is 1150. The first-order chi connectivity index (χ1) is 14.4. The monoisotopic (exact) mass is 415 g/mol. The molecule has 2 fully saturated rings. The molecule has 1 saturated carbocycles. The molecule has 1 aromatic heterocycles. The molecule has 7 nitrogen and oxygen atoms in total. The number of aromatic hydroxyl groups is 1. The minimum atomic E-state index is -0.945. The number of carbonyl (C=O) groups excluding carboxylic acids is 2. The molecule has 1 saturated heterocycles. The van der Waals surface area contributed by atoms with Crippen molar-refractivity contribution >= 4 is 11.8 Å². The van der Waals surface area contributed by atoms with Crippen LogP contribution in [0.15, 0.2) is 29.2 Å². The van der Waals surface area contributed by atoms with Crippen LogP contribution in [-0.4, -0.2) is 39.0 Å². The molecule has 0 unspecified atom stereocenters. The van der Waals surface area contributed by atoms with Gasteiger partial charge >= 0.3 is 0 Å². The van der Waals surface area contributed by atoms with E-state index >= 15 is 0 Å². The molecular formula is C21H19F2N3O4. The Kier molecular flexibility index (Phi) is 4.16. The summed E-state index contributed by atoms with van der Waals surface area (Å²) in [4.78, 5) is 39.9. The van der Waals surface area contributed by atoms with E-state index in [1.165, 1.54) is 12.3 Å². The second kappa shape index (κ2) is 6.65. The lowest BCUT2D eigenvalue weighted by atomic mass is 9.99. The normalized spacial score (nSPS) is 24.0. The number of aromatic nitrogens is 1. The van der Waals surface area contributed by atoms with Gasteiger partial charge < -0.3 is 19.9 Å². The summed E-state index contributed by atoms with van der Waals surface area (Å²) in [6, 6.07) is 2.89. The Balaban J connectivity index is 1.49. The van der Waals surface area contributed by atoms with E-state index in [0.29, 0.717) is 18.5 Å². The van der Waals surface area contributed by atoms with Crippen molar-refractivity contribution in [3.8, 4) is 5.75 Å². The predicted octanol–water partition coefficient (Wildman–Crippen LogP) is 1.94. The lowest BCUT2D eigenvalue weighted by Crippen LogP contribution is -2.48. The number of benzene rings is 1. The van der Waals surface area contributed by atoms with Gasteiger partial charge in [0.15, 0.2) is 11.4 Å². The third kappa shape index (κ3) is 2.64. The van der Waals surface area contributed by atoms with E-state index in [9.17, 15) is 28.3 Å². The first kappa shape index (κ1) is 18.8. The fraction of sp³-hybridized carbons (Fsp3) is 0.381. The van der Waals surface area contributed by atoms with Crippen molar-refractivity contribution in [1.82, 2.24) is 14.8 Å². The summed E-state index contributed by atoms with van der Waals surface area (Å²) in [5, 5.41) is 12.9. The van der Waals surface area contributed by atoms with E-state index in [-0.39, 0.29) is 35.4 Å². The van der Waals surface area contributed by atoms with Crippen molar-refractivity contribution in [2.45, 2.75) is 37.9 Å². The Hall–Kier alpha value is -3.23. The summed E-state index contributed by atoms with van der Waals surface area (Å²) in [6.07, 6.45) is 3.95. The smallest absolute Gasteiger partial charge is 0.274 e. The molecule has 0 bridgehead atoms. The lowest BCUT2D eigenvalue weighted by Gasteiger charge is -2.38. The van der Waals surface area contributed by atoms with Crippen molar-refractivity contribution in [3.63, 3.8) is 0 Å². The predicted molar refractivity (Wildman–Crippen MR) is 101 cm³/mol. The fourth-order valence-corrected chi connectivity index (χ4v) is 5.14. The summed E-state index contributed by atoms with van der Waals surface area (Å²) in [7, 11) is 0. The van der Waals surface area contributed by atoms with E-state index < -0.39 is 34.6 Å². The first-order valence-corrected chi connectivity index (χ1v) is 9.88. The third-order valence-electron chi connectivity index (χ3n) is 6.54. The first-order valence-electron chi connectivity index (χ1n) is 9.88. The fourth-order valence-electron chi connectivity index (χ4n) is 5.14. The van der Waals surface area contributed by atoms with Crippen LogP contribution in [0.4, 0.5) is 8.78 Å². The summed E-state index contributed by atoms with van der Waals surface area (Å²) >= 11 is 0. The number of rotatable bonds is 3. The summed E-state index contributed by atoms with van der Waals surface area (Å²) < 4.78 is 28.4. The van der Waals surface area contributed by atoms with Crippen LogP contribution < -0.4 is 10.7 Å². The second-order valence-electron chi connectivity index (χ2n) is 8.08. The van der Waals surface area contributed by atoms with Gasteiger partial charge in [-0.1, -0.05) is 6.07 Å². The van der Waals surface area contributed by atoms with Crippen LogP contribution in [0.5, 0.6) is 5.75 Å². The van der Waals surface area contributed by atoms with Crippen LogP contribution >= 0.6 is 0 Å². The van der Waals surface area contributed by atoms with Gasteiger partial charge in [-0.25, -0.2) is 8.78 Å². The highest BCUT2D eigenvalue weighted by Crippen LogP contribution is 2.48. The van der Waals surface area contributed by atoms with E-state index in [1.54, 1.807) is 9.47 Å². The number of nitrogens with zero attached hydrogens (tertiary/aromatic N) is 2. The molecule has 156 valence electrons. The van der Waals surface area contributed by atoms with E-state index in [1.807, 2.05) is 0 Å². The molecule has 3 atom stereocenters. The van der Waals surface area contributed by atoms with Crippen molar-refractivity contribution < 1.29 is 23.5 Å². The van der Waals surface area contributed by atoms with Crippen LogP contribution in [0, 0.1) is 17.6 Å². The van der Waals surface area contributed by atoms with E-state index in [2.05, 4.69) is 5.32 Å². The summed E-state index contributed by atoms with van der Waals surface area (Å²) in [5.41, 5.74) is -1.28. The van der Waals surface area contributed by atoms with E-state index in [4.69, 9.17) is 0 Å². The molecule has 2 amide bonds. The molecule has 3 aliphatic rings. The molecule has 1 aromatic carbocycles. The quantitative estimate of drug-likeness (QED) is 0.802. The van der Waals surface area contributed by atoms with Crippen LogP contribution in [0.1, 0.15) is 51.7 Å². The number of pyridine rings is 1. The van der Waals surface area contributed by atoms with Crippen molar-refractivity contribution in [1.29, 1.82) is 0 Å². The molecule has 0 radical (unpaired) electrons. The lowest BCUT2D eigenvalue weighted by molar-refractivity contribution is 0.0609. The minimum Gasteiger partial charge on any atom is -0.503 e. The number of hydrogen-bond acceptors (Lipinski definition) is 4. The molecular weight excluding hydrogens is 396 g/mol. The molecule has 2 aliphatic heterocycles. The van der Waals surface area contributed by atoms with Gasteiger partial charge in [0.2, 0.25) is 5.43 Å². The SMILES string of the molecule is O=C(NCc1ccc(F)cc1F)c1cn2c(c(O)c1=O)C(=O)N1CC[C@H]3CC[C@@H]2[C@H]31. The third-order valence-corrected chi connectivity index (χ3v) is 6.54. The molecule has 2 N–H and O–H groups in total. The summed E-state index contributed by atoms with van der Waals surface area (Å²) in [6.45, 7) is 0.345. The maximum Gasteiger partial charge on any atom is 0.274 e. The van der Waals surface area contributed by atoms with Gasteiger partial charge in [-0.15, -0.1) is 0 Å². The highest BCUT2D eigenvalue weighted by atomic mass is 19.1. The molecule has 1 aliphatic carbocycles. The number of nitrogens with one attached hydrogen (secondary N) is 1. The molecule has 3 heterocycles. The highest BCUT2D eigenvalue weighted by Gasteiger charge is 2.51. The zero-order chi connectivity index (χ0) is 21.2. The van der Waals surface area contributed by atoms with Gasteiger partial charge in [-0.2, -0.15) is 0 Å². The zero-order valence-electron chi connectivity index (χ0n) is 15.9. The maximum absolute atomic E-state index is 13.8. The number of hydrogen-bond donors (Lipinski definition) is 2. The van der Waals surface area contributed by atoms with E-state index in [0.717, 1.165) is 25.3 Å². The van der Waals surface area contributed by atoms with Crippen LogP contribution in [-0.2, 0) is 6.54 Å². The van der Waals surface area contributed by atoms with Crippen molar-refractivity contribution in [2.24, 2.45) is 5.92 Å². The van der Waals surface area contributed by atoms with Gasteiger partial charge in [0.25, 0.3) is 11.8 Å². The number of carbonyl (C=O) groups is 2. The Morgan fingerprint density at radius 3 is 2.77 bits per heavy atom. The Labute approximate surface area is 169 Å². The van der Waals surface area contributed by atoms with Crippen LogP contribution in [0.25, 0.3) is 0 Å². The Morgan fingerprint density at radius 1 is 1.20 bits per heavy atom. The van der Waals surface area contributed by atoms with Crippen molar-refractivity contribution in [3.05, 3.63) is 63.1 Å². The minimum absolute atomic E-state index is 0.0103. The van der Waals surface area contributed by atoms with Crippen molar-refractivity contribution in [2.75, 3.05) is 6.54 Å². The molecule has 2 aromatic rings. The van der Waals surface area contributed by atoms with Crippen LogP contribution in [0.3, 0.4) is 0 Å². The standard InChI is InChI=1S/C21H19F2N3O4/c22-12-3-1-11(14(23)7-12)8-24-20(29)13-9-26-15-4-2-10-5-6-25(16(10)15)21(30)17(26)19(28)18(13)27/h1,3,7,9-10,15-16,28H,2,4-6,8H2,(H,24,29)/t10-,15-,16+/m1/s1. The van der Waals surface area contributed by atoms with Gasteiger partial charge in [-0.05, 0) is 31.2 Å². The number of halogens is 2. The number of amides is 2. The highest BCUT2D eigenvalue weighted by molar-refractivity contribution is 5.99. The Morgan fingerprint density at radius 2 is 2.00 bits per heavy atom. The van der Waals surface area contributed by atoms with Gasteiger partial charge in [-0.3, -0.25) is 14.4 Å². The average Bonchev–Trinajstić information content (AvgIpc) is 3.31. The largest absolute Gasteiger partial charge is 0.503 e. The summed E-state index contributed by atoms with van der Waals surface area (Å²) in [5.74, 6) is -3.10. The molecule has 0 spiro atoms.